The summed E-state index contributed by atoms with van der Waals surface area (Å²) in [5, 5.41) is 10.5. The van der Waals surface area contributed by atoms with Crippen LogP contribution in [0.1, 0.15) is 43.2 Å². The number of halogens is 1. The summed E-state index contributed by atoms with van der Waals surface area (Å²) in [7, 11) is 0. The average Bonchev–Trinajstić information content (AvgIpc) is 3.08. The Morgan fingerprint density at radius 2 is 2.32 bits per heavy atom. The van der Waals surface area contributed by atoms with E-state index in [4.69, 9.17) is 9.15 Å². The van der Waals surface area contributed by atoms with Crippen molar-refractivity contribution >= 4 is 24.3 Å². The van der Waals surface area contributed by atoms with Crippen LogP contribution in [0.25, 0.3) is 0 Å². The van der Waals surface area contributed by atoms with Crippen molar-refractivity contribution in [1.29, 1.82) is 0 Å². The van der Waals surface area contributed by atoms with Crippen LogP contribution >= 0.6 is 12.4 Å². The highest BCUT2D eigenvalue weighted by atomic mass is 35.5. The zero-order valence-electron chi connectivity index (χ0n) is 12.5. The number of hydrogen-bond acceptors (Lipinski definition) is 6. The molecule has 0 saturated carbocycles. The Kier molecular flexibility index (Phi) is 7.34. The maximum Gasteiger partial charge on any atom is 0.433 e. The van der Waals surface area contributed by atoms with Gasteiger partial charge in [-0.1, -0.05) is 13.3 Å². The normalized spacial score (nSPS) is 18.0. The van der Waals surface area contributed by atoms with Crippen molar-refractivity contribution in [3.05, 3.63) is 28.0 Å². The molecule has 1 fully saturated rings. The fourth-order valence-corrected chi connectivity index (χ4v) is 2.71. The summed E-state index contributed by atoms with van der Waals surface area (Å²) in [5.74, 6) is -1.24. The summed E-state index contributed by atoms with van der Waals surface area (Å²) in [6.45, 7) is 4.17. The molecule has 8 heteroatoms. The number of carbonyl (C=O) groups is 1. The fourth-order valence-electron chi connectivity index (χ4n) is 2.71. The van der Waals surface area contributed by atoms with Gasteiger partial charge in [0, 0.05) is 12.6 Å². The molecular formula is C14H21ClN2O5. The van der Waals surface area contributed by atoms with Crippen molar-refractivity contribution in [2.24, 2.45) is 0 Å². The van der Waals surface area contributed by atoms with Crippen LogP contribution in [-0.2, 0) is 4.74 Å². The summed E-state index contributed by atoms with van der Waals surface area (Å²) in [4.78, 5) is 23.8. The number of carbonyl (C=O) groups excluding carboxylic acids is 1. The van der Waals surface area contributed by atoms with Crippen LogP contribution < -0.4 is 0 Å². The zero-order chi connectivity index (χ0) is 15.2. The van der Waals surface area contributed by atoms with Crippen LogP contribution in [0.4, 0.5) is 5.88 Å². The van der Waals surface area contributed by atoms with Gasteiger partial charge >= 0.3 is 11.9 Å². The lowest BCUT2D eigenvalue weighted by Crippen LogP contribution is -2.32. The van der Waals surface area contributed by atoms with E-state index in [1.54, 1.807) is 0 Å². The Balaban J connectivity index is 0.00000242. The van der Waals surface area contributed by atoms with Gasteiger partial charge < -0.3 is 9.15 Å². The number of rotatable bonds is 7. The van der Waals surface area contributed by atoms with Gasteiger partial charge in [-0.25, -0.2) is 4.79 Å². The summed E-state index contributed by atoms with van der Waals surface area (Å²) in [5.41, 5.74) is 0. The number of likely N-dealkylation sites (tertiary alicyclic amines) is 1. The van der Waals surface area contributed by atoms with Gasteiger partial charge in [-0.3, -0.25) is 15.0 Å². The minimum absolute atomic E-state index is 0. The number of furan rings is 1. The van der Waals surface area contributed by atoms with Crippen molar-refractivity contribution in [3.8, 4) is 0 Å². The molecule has 0 spiro atoms. The summed E-state index contributed by atoms with van der Waals surface area (Å²) >= 11 is 0. The van der Waals surface area contributed by atoms with E-state index in [9.17, 15) is 14.9 Å². The van der Waals surface area contributed by atoms with E-state index in [1.807, 2.05) is 0 Å². The molecule has 0 N–H and O–H groups in total. The Bertz CT molecular complexity index is 505. The highest BCUT2D eigenvalue weighted by Crippen LogP contribution is 2.21. The third-order valence-corrected chi connectivity index (χ3v) is 3.71. The van der Waals surface area contributed by atoms with Crippen molar-refractivity contribution in [1.82, 2.24) is 4.90 Å². The third kappa shape index (κ3) is 4.71. The minimum Gasteiger partial charge on any atom is -0.458 e. The summed E-state index contributed by atoms with van der Waals surface area (Å²) in [6.07, 6.45) is 4.70. The molecule has 1 aromatic heterocycles. The molecule has 0 amide bonds. The van der Waals surface area contributed by atoms with E-state index < -0.39 is 16.8 Å². The van der Waals surface area contributed by atoms with Gasteiger partial charge in [0.2, 0.25) is 5.76 Å². The molecular weight excluding hydrogens is 312 g/mol. The molecule has 7 nitrogen and oxygen atoms in total. The van der Waals surface area contributed by atoms with Gasteiger partial charge in [-0.15, -0.1) is 12.4 Å². The third-order valence-electron chi connectivity index (χ3n) is 3.71. The standard InChI is InChI=1S/C14H20N2O5.ClH/c1-2-4-11-5-3-8-15(11)9-10-20-14(17)12-6-7-13(21-12)16(18)19;/h6-7,11H,2-5,8-10H2,1H3;1H. The molecule has 0 aliphatic carbocycles. The highest BCUT2D eigenvalue weighted by molar-refractivity contribution is 5.86. The summed E-state index contributed by atoms with van der Waals surface area (Å²) < 4.78 is 9.91. The Morgan fingerprint density at radius 3 is 2.95 bits per heavy atom. The van der Waals surface area contributed by atoms with Crippen molar-refractivity contribution < 1.29 is 18.9 Å². The smallest absolute Gasteiger partial charge is 0.433 e. The van der Waals surface area contributed by atoms with Crippen molar-refractivity contribution in [3.63, 3.8) is 0 Å². The first kappa shape index (κ1) is 18.4. The molecule has 22 heavy (non-hydrogen) atoms. The van der Waals surface area contributed by atoms with Crippen LogP contribution in [0.5, 0.6) is 0 Å². The zero-order valence-corrected chi connectivity index (χ0v) is 13.3. The first-order valence-electron chi connectivity index (χ1n) is 7.27. The van der Waals surface area contributed by atoms with E-state index in [2.05, 4.69) is 11.8 Å². The van der Waals surface area contributed by atoms with Crippen LogP contribution in [-0.4, -0.2) is 41.5 Å². The van der Waals surface area contributed by atoms with E-state index in [-0.39, 0.29) is 24.8 Å². The van der Waals surface area contributed by atoms with Gasteiger partial charge in [0.1, 0.15) is 11.5 Å². The minimum atomic E-state index is -0.684. The van der Waals surface area contributed by atoms with E-state index >= 15 is 0 Å². The van der Waals surface area contributed by atoms with Crippen molar-refractivity contribution in [2.75, 3.05) is 19.7 Å². The molecule has 2 heterocycles. The second-order valence-electron chi connectivity index (χ2n) is 5.15. The lowest BCUT2D eigenvalue weighted by molar-refractivity contribution is -0.402. The van der Waals surface area contributed by atoms with E-state index in [0.29, 0.717) is 12.6 Å². The lowest BCUT2D eigenvalue weighted by atomic mass is 10.1. The van der Waals surface area contributed by atoms with Crippen LogP contribution in [0.15, 0.2) is 16.5 Å². The Morgan fingerprint density at radius 1 is 1.55 bits per heavy atom. The Labute approximate surface area is 135 Å². The van der Waals surface area contributed by atoms with Crippen molar-refractivity contribution in [2.45, 2.75) is 38.6 Å². The lowest BCUT2D eigenvalue weighted by Gasteiger charge is -2.23. The van der Waals surface area contributed by atoms with E-state index in [0.717, 1.165) is 19.0 Å². The highest BCUT2D eigenvalue weighted by Gasteiger charge is 2.24. The maximum absolute atomic E-state index is 11.7. The number of nitrogens with zero attached hydrogens (tertiary/aromatic N) is 2. The van der Waals surface area contributed by atoms with Crippen LogP contribution in [0, 0.1) is 10.1 Å². The molecule has 1 aliphatic rings. The molecule has 1 aromatic rings. The first-order chi connectivity index (χ1) is 10.1. The molecule has 1 saturated heterocycles. The number of nitro groups is 1. The predicted molar refractivity (Wildman–Crippen MR) is 82.4 cm³/mol. The summed E-state index contributed by atoms with van der Waals surface area (Å²) in [6, 6.07) is 2.99. The Hall–Kier alpha value is -1.60. The number of hydrogen-bond donors (Lipinski definition) is 0. The van der Waals surface area contributed by atoms with Gasteiger partial charge in [0.15, 0.2) is 0 Å². The van der Waals surface area contributed by atoms with Gasteiger partial charge in [0.25, 0.3) is 0 Å². The predicted octanol–water partition coefficient (Wildman–Crippen LogP) is 3.03. The van der Waals surface area contributed by atoms with Gasteiger partial charge in [-0.05, 0) is 31.9 Å². The number of ether oxygens (including phenoxy) is 1. The first-order valence-corrected chi connectivity index (χ1v) is 7.27. The molecule has 1 unspecified atom stereocenters. The second-order valence-corrected chi connectivity index (χ2v) is 5.15. The van der Waals surface area contributed by atoms with E-state index in [1.165, 1.54) is 25.3 Å². The fraction of sp³-hybridized carbons (Fsp3) is 0.643. The van der Waals surface area contributed by atoms with Crippen LogP contribution in [0.2, 0.25) is 0 Å². The largest absolute Gasteiger partial charge is 0.458 e. The molecule has 0 aromatic carbocycles. The van der Waals surface area contributed by atoms with Crippen LogP contribution in [0.3, 0.4) is 0 Å². The monoisotopic (exact) mass is 332 g/mol. The molecule has 1 aliphatic heterocycles. The quantitative estimate of drug-likeness (QED) is 0.433. The second kappa shape index (κ2) is 8.75. The number of esters is 1. The average molecular weight is 333 g/mol. The molecule has 0 radical (unpaired) electrons. The molecule has 2 rings (SSSR count). The maximum atomic E-state index is 11.7. The topological polar surface area (TPSA) is 85.8 Å². The molecule has 124 valence electrons. The molecule has 1 atom stereocenters. The van der Waals surface area contributed by atoms with Gasteiger partial charge in [-0.2, -0.15) is 0 Å². The SMILES string of the molecule is CCCC1CCCN1CCOC(=O)c1ccc([N+](=O)[O-])o1.Cl. The van der Waals surface area contributed by atoms with Gasteiger partial charge in [0.05, 0.1) is 6.07 Å². The molecule has 0 bridgehead atoms.